The van der Waals surface area contributed by atoms with Gasteiger partial charge in [-0.05, 0) is 24.3 Å². The van der Waals surface area contributed by atoms with E-state index in [1.807, 2.05) is 13.8 Å². The second kappa shape index (κ2) is 5.72. The van der Waals surface area contributed by atoms with Gasteiger partial charge in [0.05, 0.1) is 11.4 Å². The number of sulfone groups is 1. The predicted octanol–water partition coefficient (Wildman–Crippen LogP) is 1.64. The van der Waals surface area contributed by atoms with Crippen molar-refractivity contribution in [3.8, 4) is 11.5 Å². The van der Waals surface area contributed by atoms with Gasteiger partial charge in [0.2, 0.25) is 0 Å². The zero-order chi connectivity index (χ0) is 14.8. The van der Waals surface area contributed by atoms with Gasteiger partial charge < -0.3 is 9.84 Å². The molecule has 0 radical (unpaired) electrons. The molecule has 2 rings (SSSR count). The zero-order valence-corrected chi connectivity index (χ0v) is 12.4. The molecule has 1 aromatic carbocycles. The maximum atomic E-state index is 11.4. The van der Waals surface area contributed by atoms with Crippen LogP contribution in [0.4, 0.5) is 0 Å². The summed E-state index contributed by atoms with van der Waals surface area (Å²) in [5, 5.41) is 7.06. The molecule has 0 aliphatic carbocycles. The maximum Gasteiger partial charge on any atom is 0.257 e. The largest absolute Gasteiger partial charge is 0.334 e. The van der Waals surface area contributed by atoms with Crippen LogP contribution in [0.15, 0.2) is 33.7 Å². The molecule has 0 atom stereocenters. The zero-order valence-electron chi connectivity index (χ0n) is 11.6. The highest BCUT2D eigenvalue weighted by atomic mass is 32.2. The summed E-state index contributed by atoms with van der Waals surface area (Å²) in [7, 11) is -3.19. The molecule has 0 saturated heterocycles. The van der Waals surface area contributed by atoms with Gasteiger partial charge in [0, 0.05) is 17.9 Å². The molecule has 0 bridgehead atoms. The molecule has 108 valence electrons. The Morgan fingerprint density at radius 3 is 2.45 bits per heavy atom. The number of rotatable bonds is 5. The van der Waals surface area contributed by atoms with Crippen LogP contribution in [-0.4, -0.2) is 30.9 Å². The topological polar surface area (TPSA) is 85.1 Å². The molecule has 0 amide bonds. The monoisotopic (exact) mass is 295 g/mol. The molecule has 0 aliphatic heterocycles. The van der Waals surface area contributed by atoms with E-state index in [0.717, 1.165) is 0 Å². The number of nitrogens with one attached hydrogen (secondary N) is 1. The number of nitrogens with zero attached hydrogens (tertiary/aromatic N) is 2. The van der Waals surface area contributed by atoms with E-state index in [1.165, 1.54) is 18.4 Å². The fourth-order valence-corrected chi connectivity index (χ4v) is 2.21. The lowest BCUT2D eigenvalue weighted by Gasteiger charge is -2.03. The lowest BCUT2D eigenvalue weighted by Crippen LogP contribution is -2.22. The Labute approximate surface area is 118 Å². The van der Waals surface area contributed by atoms with Crippen molar-refractivity contribution in [1.29, 1.82) is 0 Å². The molecular weight excluding hydrogens is 278 g/mol. The Morgan fingerprint density at radius 1 is 1.25 bits per heavy atom. The predicted molar refractivity (Wildman–Crippen MR) is 74.8 cm³/mol. The van der Waals surface area contributed by atoms with Crippen LogP contribution < -0.4 is 5.32 Å². The van der Waals surface area contributed by atoms with Gasteiger partial charge in [-0.3, -0.25) is 0 Å². The van der Waals surface area contributed by atoms with E-state index < -0.39 is 9.84 Å². The molecular formula is C13H17N3O3S. The third-order valence-corrected chi connectivity index (χ3v) is 3.79. The van der Waals surface area contributed by atoms with Gasteiger partial charge in [-0.1, -0.05) is 19.0 Å². The van der Waals surface area contributed by atoms with Crippen molar-refractivity contribution in [1.82, 2.24) is 15.5 Å². The van der Waals surface area contributed by atoms with E-state index in [4.69, 9.17) is 4.52 Å². The van der Waals surface area contributed by atoms with E-state index in [0.29, 0.717) is 29.9 Å². The van der Waals surface area contributed by atoms with Crippen LogP contribution in [0.2, 0.25) is 0 Å². The first-order chi connectivity index (χ1) is 9.36. The molecule has 7 heteroatoms. The van der Waals surface area contributed by atoms with Crippen LogP contribution in [-0.2, 0) is 16.4 Å². The van der Waals surface area contributed by atoms with Crippen molar-refractivity contribution in [2.45, 2.75) is 31.3 Å². The third-order valence-electron chi connectivity index (χ3n) is 2.67. The molecule has 0 saturated carbocycles. The van der Waals surface area contributed by atoms with Crippen LogP contribution in [0.25, 0.3) is 11.5 Å². The van der Waals surface area contributed by atoms with Crippen molar-refractivity contribution >= 4 is 9.84 Å². The van der Waals surface area contributed by atoms with E-state index >= 15 is 0 Å². The van der Waals surface area contributed by atoms with Gasteiger partial charge >= 0.3 is 0 Å². The van der Waals surface area contributed by atoms with Gasteiger partial charge in [-0.25, -0.2) is 8.42 Å². The molecule has 1 aromatic heterocycles. The van der Waals surface area contributed by atoms with E-state index in [2.05, 4.69) is 15.5 Å². The highest BCUT2D eigenvalue weighted by molar-refractivity contribution is 7.90. The fourth-order valence-electron chi connectivity index (χ4n) is 1.58. The minimum atomic E-state index is -3.19. The van der Waals surface area contributed by atoms with Gasteiger partial charge in [0.15, 0.2) is 15.7 Å². The Morgan fingerprint density at radius 2 is 1.90 bits per heavy atom. The Hall–Kier alpha value is -1.73. The Balaban J connectivity index is 2.16. The normalized spacial score (nSPS) is 12.0. The third kappa shape index (κ3) is 3.64. The summed E-state index contributed by atoms with van der Waals surface area (Å²) >= 11 is 0. The second-order valence-electron chi connectivity index (χ2n) is 4.85. The number of hydrogen-bond acceptors (Lipinski definition) is 6. The first-order valence-electron chi connectivity index (χ1n) is 6.23. The quantitative estimate of drug-likeness (QED) is 0.902. The number of aromatic nitrogens is 2. The van der Waals surface area contributed by atoms with Crippen molar-refractivity contribution in [2.75, 3.05) is 6.26 Å². The van der Waals surface area contributed by atoms with Crippen LogP contribution in [0.1, 0.15) is 19.7 Å². The average Bonchev–Trinajstić information content (AvgIpc) is 2.84. The van der Waals surface area contributed by atoms with E-state index in [-0.39, 0.29) is 4.90 Å². The van der Waals surface area contributed by atoms with Crippen molar-refractivity contribution in [3.05, 3.63) is 30.1 Å². The van der Waals surface area contributed by atoms with Gasteiger partial charge in [0.1, 0.15) is 0 Å². The van der Waals surface area contributed by atoms with Crippen LogP contribution in [0, 0.1) is 0 Å². The Kier molecular flexibility index (Phi) is 4.20. The fraction of sp³-hybridized carbons (Fsp3) is 0.385. The van der Waals surface area contributed by atoms with E-state index in [9.17, 15) is 8.42 Å². The Bertz CT molecular complexity index is 675. The van der Waals surface area contributed by atoms with Gasteiger partial charge in [-0.15, -0.1) is 0 Å². The van der Waals surface area contributed by atoms with Gasteiger partial charge in [0.25, 0.3) is 5.89 Å². The molecule has 2 aromatic rings. The molecule has 0 aliphatic rings. The van der Waals surface area contributed by atoms with E-state index in [1.54, 1.807) is 12.1 Å². The molecule has 20 heavy (non-hydrogen) atoms. The number of benzene rings is 1. The summed E-state index contributed by atoms with van der Waals surface area (Å²) in [6, 6.07) is 6.71. The first kappa shape index (κ1) is 14.7. The van der Waals surface area contributed by atoms with Crippen LogP contribution >= 0.6 is 0 Å². The van der Waals surface area contributed by atoms with Crippen molar-refractivity contribution in [3.63, 3.8) is 0 Å². The molecule has 1 N–H and O–H groups in total. The molecule has 0 unspecified atom stereocenters. The summed E-state index contributed by atoms with van der Waals surface area (Å²) in [6.07, 6.45) is 1.17. The molecule has 0 fully saturated rings. The van der Waals surface area contributed by atoms with Crippen molar-refractivity contribution in [2.24, 2.45) is 0 Å². The number of hydrogen-bond donors (Lipinski definition) is 1. The standard InChI is InChI=1S/C13H17N3O3S/c1-9(2)14-8-12-15-13(19-16-12)10-4-6-11(7-5-10)20(3,17)18/h4-7,9,14H,8H2,1-3H3. The van der Waals surface area contributed by atoms with Crippen LogP contribution in [0.5, 0.6) is 0 Å². The smallest absolute Gasteiger partial charge is 0.257 e. The summed E-state index contributed by atoms with van der Waals surface area (Å²) < 4.78 is 27.9. The first-order valence-corrected chi connectivity index (χ1v) is 8.12. The summed E-state index contributed by atoms with van der Waals surface area (Å²) in [4.78, 5) is 4.52. The minimum absolute atomic E-state index is 0.266. The average molecular weight is 295 g/mol. The second-order valence-corrected chi connectivity index (χ2v) is 6.86. The summed E-state index contributed by atoms with van der Waals surface area (Å²) in [6.45, 7) is 4.60. The summed E-state index contributed by atoms with van der Waals surface area (Å²) in [5.74, 6) is 0.950. The van der Waals surface area contributed by atoms with Crippen LogP contribution in [0.3, 0.4) is 0 Å². The van der Waals surface area contributed by atoms with Gasteiger partial charge in [-0.2, -0.15) is 4.98 Å². The minimum Gasteiger partial charge on any atom is -0.334 e. The highest BCUT2D eigenvalue weighted by Gasteiger charge is 2.11. The van der Waals surface area contributed by atoms with Crippen molar-refractivity contribution < 1.29 is 12.9 Å². The summed E-state index contributed by atoms with van der Waals surface area (Å²) in [5.41, 5.74) is 0.695. The lowest BCUT2D eigenvalue weighted by molar-refractivity contribution is 0.417. The maximum absolute atomic E-state index is 11.4. The highest BCUT2D eigenvalue weighted by Crippen LogP contribution is 2.19. The molecule has 0 spiro atoms. The molecule has 6 nitrogen and oxygen atoms in total. The lowest BCUT2D eigenvalue weighted by atomic mass is 10.2. The molecule has 1 heterocycles. The SMILES string of the molecule is CC(C)NCc1noc(-c2ccc(S(C)(=O)=O)cc2)n1.